The molecule has 3 rings (SSSR count). The maximum atomic E-state index is 12.6. The fourth-order valence-corrected chi connectivity index (χ4v) is 4.80. The Morgan fingerprint density at radius 3 is 2.24 bits per heavy atom. The van der Waals surface area contributed by atoms with Crippen molar-refractivity contribution in [2.24, 2.45) is 0 Å². The number of sulfonamides is 1. The number of methoxy groups -OCH3 is 1. The highest BCUT2D eigenvalue weighted by atomic mass is 32.2. The van der Waals surface area contributed by atoms with Gasteiger partial charge in [-0.1, -0.05) is 24.3 Å². The number of ether oxygens (including phenoxy) is 2. The average Bonchev–Trinajstić information content (AvgIpc) is 2.90. The molecule has 0 unspecified atom stereocenters. The van der Waals surface area contributed by atoms with Gasteiger partial charge in [0.2, 0.25) is 10.0 Å². The van der Waals surface area contributed by atoms with Crippen LogP contribution in [0.4, 0.5) is 5.69 Å². The second kappa shape index (κ2) is 12.8. The molecule has 0 spiro atoms. The first-order valence-corrected chi connectivity index (χ1v) is 13.1. The Bertz CT molecular complexity index is 1430. The lowest BCUT2D eigenvalue weighted by Crippen LogP contribution is -2.30. The predicted molar refractivity (Wildman–Crippen MR) is 144 cm³/mol. The quantitative estimate of drug-likeness (QED) is 0.215. The van der Waals surface area contributed by atoms with Crippen molar-refractivity contribution in [1.29, 1.82) is 0 Å². The first kappa shape index (κ1) is 28.3. The van der Waals surface area contributed by atoms with Crippen molar-refractivity contribution in [3.63, 3.8) is 0 Å². The highest BCUT2D eigenvalue weighted by Gasteiger charge is 2.20. The summed E-state index contributed by atoms with van der Waals surface area (Å²) in [6.07, 6.45) is 2.48. The normalized spacial score (nSPS) is 11.4. The van der Waals surface area contributed by atoms with E-state index in [0.29, 0.717) is 22.4 Å². The lowest BCUT2D eigenvalue weighted by Gasteiger charge is -2.13. The van der Waals surface area contributed by atoms with Crippen LogP contribution >= 0.6 is 0 Å². The van der Waals surface area contributed by atoms with Crippen LogP contribution in [0.5, 0.6) is 5.75 Å². The molecule has 3 aromatic rings. The Balaban J connectivity index is 1.57. The van der Waals surface area contributed by atoms with E-state index in [9.17, 15) is 22.8 Å². The maximum Gasteiger partial charge on any atom is 0.331 e. The van der Waals surface area contributed by atoms with Crippen LogP contribution in [0.2, 0.25) is 0 Å². The minimum absolute atomic E-state index is 0.0669. The first-order chi connectivity index (χ1) is 18.1. The summed E-state index contributed by atoms with van der Waals surface area (Å²) in [4.78, 5) is 36.7. The first-order valence-electron chi connectivity index (χ1n) is 11.6. The van der Waals surface area contributed by atoms with Crippen molar-refractivity contribution in [2.45, 2.75) is 24.8 Å². The number of esters is 1. The summed E-state index contributed by atoms with van der Waals surface area (Å²) >= 11 is 0. The van der Waals surface area contributed by atoms with E-state index in [2.05, 4.69) is 10.0 Å². The van der Waals surface area contributed by atoms with Crippen molar-refractivity contribution >= 4 is 39.4 Å². The number of ketones is 1. The fraction of sp³-hybridized carbons (Fsp3) is 0.179. The molecule has 198 valence electrons. The fourth-order valence-electron chi connectivity index (χ4n) is 3.35. The lowest BCUT2D eigenvalue weighted by molar-refractivity contribution is -0.136. The molecule has 0 bridgehead atoms. The summed E-state index contributed by atoms with van der Waals surface area (Å²) < 4.78 is 37.9. The molecule has 0 fully saturated rings. The number of hydrogen-bond acceptors (Lipinski definition) is 7. The van der Waals surface area contributed by atoms with Gasteiger partial charge in [0.1, 0.15) is 10.6 Å². The van der Waals surface area contributed by atoms with Crippen molar-refractivity contribution in [1.82, 2.24) is 4.72 Å². The van der Waals surface area contributed by atoms with E-state index in [4.69, 9.17) is 9.47 Å². The molecular weight excluding hydrogens is 508 g/mol. The SMILES string of the molecule is COc1ccc(C=CC(=O)OCC(=O)c2ccc(NC(=O)c3ccccc3)cc2)cc1S(=O)(=O)NC(C)C. The van der Waals surface area contributed by atoms with Gasteiger partial charge in [0.05, 0.1) is 7.11 Å². The number of anilines is 1. The molecule has 0 radical (unpaired) electrons. The Morgan fingerprint density at radius 1 is 0.921 bits per heavy atom. The van der Waals surface area contributed by atoms with E-state index >= 15 is 0 Å². The molecule has 0 aliphatic heterocycles. The molecule has 38 heavy (non-hydrogen) atoms. The minimum Gasteiger partial charge on any atom is -0.495 e. The molecule has 0 saturated heterocycles. The Labute approximate surface area is 221 Å². The number of nitrogens with one attached hydrogen (secondary N) is 2. The minimum atomic E-state index is -3.83. The van der Waals surface area contributed by atoms with Gasteiger partial charge in [0, 0.05) is 28.9 Å². The highest BCUT2D eigenvalue weighted by Crippen LogP contribution is 2.25. The number of benzene rings is 3. The van der Waals surface area contributed by atoms with Crippen LogP contribution in [0, 0.1) is 0 Å². The van der Waals surface area contributed by atoms with Crippen LogP contribution in [0.1, 0.15) is 40.1 Å². The lowest BCUT2D eigenvalue weighted by atomic mass is 10.1. The number of amides is 1. The van der Waals surface area contributed by atoms with Gasteiger partial charge < -0.3 is 14.8 Å². The molecular formula is C28H28N2O7S. The van der Waals surface area contributed by atoms with Gasteiger partial charge in [-0.25, -0.2) is 17.9 Å². The number of carbonyl (C=O) groups is 3. The third-order valence-corrected chi connectivity index (χ3v) is 6.81. The van der Waals surface area contributed by atoms with Crippen LogP contribution in [0.15, 0.2) is 83.8 Å². The van der Waals surface area contributed by atoms with Crippen LogP contribution in [-0.2, 0) is 19.6 Å². The molecule has 10 heteroatoms. The average molecular weight is 537 g/mol. The molecule has 1 amide bonds. The standard InChI is InChI=1S/C28H28N2O7S/c1-19(2)30-38(34,35)26-17-20(9-15-25(26)36-3)10-16-27(32)37-18-24(31)21-11-13-23(14-12-21)29-28(33)22-7-5-4-6-8-22/h4-17,19,30H,18H2,1-3H3,(H,29,33). The van der Waals surface area contributed by atoms with E-state index in [1.54, 1.807) is 56.3 Å². The molecule has 0 heterocycles. The summed E-state index contributed by atoms with van der Waals surface area (Å²) in [5.74, 6) is -1.31. The monoisotopic (exact) mass is 536 g/mol. The van der Waals surface area contributed by atoms with Gasteiger partial charge in [0.15, 0.2) is 12.4 Å². The van der Waals surface area contributed by atoms with Gasteiger partial charge in [-0.05, 0) is 74.0 Å². The Hall–Kier alpha value is -4.28. The Morgan fingerprint density at radius 2 is 1.61 bits per heavy atom. The molecule has 3 aromatic carbocycles. The molecule has 0 aliphatic rings. The van der Waals surface area contributed by atoms with E-state index < -0.39 is 28.4 Å². The van der Waals surface area contributed by atoms with Crippen molar-refractivity contribution in [2.75, 3.05) is 19.0 Å². The third-order valence-electron chi connectivity index (χ3n) is 5.13. The number of Topliss-reactive ketones (excluding diaryl/α,β-unsaturated/α-hetero) is 1. The Kier molecular flexibility index (Phi) is 9.53. The van der Waals surface area contributed by atoms with Gasteiger partial charge >= 0.3 is 5.97 Å². The largest absolute Gasteiger partial charge is 0.495 e. The summed E-state index contributed by atoms with van der Waals surface area (Å²) in [6.45, 7) is 2.91. The zero-order chi connectivity index (χ0) is 27.7. The van der Waals surface area contributed by atoms with Crippen LogP contribution < -0.4 is 14.8 Å². The zero-order valence-electron chi connectivity index (χ0n) is 21.1. The van der Waals surface area contributed by atoms with Gasteiger partial charge in [-0.3, -0.25) is 9.59 Å². The van der Waals surface area contributed by atoms with Crippen LogP contribution in [-0.4, -0.2) is 45.8 Å². The van der Waals surface area contributed by atoms with E-state index in [0.717, 1.165) is 6.08 Å². The van der Waals surface area contributed by atoms with Gasteiger partial charge in [-0.15, -0.1) is 0 Å². The van der Waals surface area contributed by atoms with Crippen molar-refractivity contribution in [3.8, 4) is 5.75 Å². The predicted octanol–water partition coefficient (Wildman–Crippen LogP) is 4.07. The summed E-state index contributed by atoms with van der Waals surface area (Å²) in [5, 5.41) is 2.74. The van der Waals surface area contributed by atoms with E-state index in [1.165, 1.54) is 37.5 Å². The smallest absolute Gasteiger partial charge is 0.331 e. The van der Waals surface area contributed by atoms with Crippen LogP contribution in [0.3, 0.4) is 0 Å². The van der Waals surface area contributed by atoms with Crippen molar-refractivity contribution < 1.29 is 32.3 Å². The molecule has 2 N–H and O–H groups in total. The molecule has 0 aliphatic carbocycles. The van der Waals surface area contributed by atoms with E-state index in [1.807, 2.05) is 6.07 Å². The topological polar surface area (TPSA) is 128 Å². The molecule has 9 nitrogen and oxygen atoms in total. The number of rotatable bonds is 11. The summed E-state index contributed by atoms with van der Waals surface area (Å²) in [6, 6.07) is 19.0. The second-order valence-corrected chi connectivity index (χ2v) is 10.1. The van der Waals surface area contributed by atoms with Crippen LogP contribution in [0.25, 0.3) is 6.08 Å². The number of carbonyl (C=O) groups excluding carboxylic acids is 3. The molecule has 0 atom stereocenters. The summed E-state index contributed by atoms with van der Waals surface area (Å²) in [7, 11) is -2.47. The van der Waals surface area contributed by atoms with Gasteiger partial charge in [0.25, 0.3) is 5.91 Å². The molecule has 0 aromatic heterocycles. The third kappa shape index (κ3) is 7.86. The number of hydrogen-bond donors (Lipinski definition) is 2. The van der Waals surface area contributed by atoms with Gasteiger partial charge in [-0.2, -0.15) is 0 Å². The van der Waals surface area contributed by atoms with Crippen molar-refractivity contribution in [3.05, 3.63) is 95.6 Å². The highest BCUT2D eigenvalue weighted by molar-refractivity contribution is 7.89. The second-order valence-electron chi connectivity index (χ2n) is 8.45. The molecule has 0 saturated carbocycles. The zero-order valence-corrected chi connectivity index (χ0v) is 21.9. The maximum absolute atomic E-state index is 12.6. The van der Waals surface area contributed by atoms with E-state index in [-0.39, 0.29) is 22.6 Å². The summed E-state index contributed by atoms with van der Waals surface area (Å²) in [5.41, 5.74) is 1.75.